The molecule has 0 atom stereocenters. The zero-order chi connectivity index (χ0) is 14.6. The van der Waals surface area contributed by atoms with E-state index in [2.05, 4.69) is 15.9 Å². The molecule has 0 radical (unpaired) electrons. The number of benzene rings is 1. The van der Waals surface area contributed by atoms with E-state index in [0.717, 1.165) is 0 Å². The second-order valence-electron chi connectivity index (χ2n) is 3.64. The average Bonchev–Trinajstić information content (AvgIpc) is 2.25. The molecule has 1 N–H and O–H groups in total. The van der Waals surface area contributed by atoms with Crippen LogP contribution in [0.5, 0.6) is 0 Å². The molecule has 0 saturated carbocycles. The smallest absolute Gasteiger partial charge is 0.405 e. The summed E-state index contributed by atoms with van der Waals surface area (Å²) in [6.45, 7) is -2.27. The average molecular weight is 337 g/mol. The summed E-state index contributed by atoms with van der Waals surface area (Å²) in [5.74, 6) is -1.41. The zero-order valence-electron chi connectivity index (χ0n) is 9.41. The maximum absolute atomic E-state index is 12.4. The first-order valence-electron chi connectivity index (χ1n) is 4.96. The number of hydrogen-bond acceptors (Lipinski definition) is 3. The second kappa shape index (κ2) is 5.93. The number of aliphatic carboxylic acids is 1. The number of carboxylic acids is 1. The topological polar surface area (TPSA) is 64.3 Å². The van der Waals surface area contributed by atoms with Crippen LogP contribution in [-0.4, -0.2) is 30.3 Å². The van der Waals surface area contributed by atoms with Crippen molar-refractivity contribution < 1.29 is 23.1 Å². The molecule has 0 heterocycles. The van der Waals surface area contributed by atoms with Gasteiger partial charge < -0.3 is 10.0 Å². The fourth-order valence-corrected chi connectivity index (χ4v) is 1.84. The monoisotopic (exact) mass is 336 g/mol. The van der Waals surface area contributed by atoms with Crippen LogP contribution in [0.25, 0.3) is 0 Å². The Morgan fingerprint density at radius 2 is 2.11 bits per heavy atom. The van der Waals surface area contributed by atoms with E-state index in [-0.39, 0.29) is 11.3 Å². The molecule has 0 spiro atoms. The molecule has 0 saturated heterocycles. The third kappa shape index (κ3) is 4.79. The lowest BCUT2D eigenvalue weighted by Gasteiger charge is -2.25. The molecule has 0 unspecified atom stereocenters. The fourth-order valence-electron chi connectivity index (χ4n) is 1.48. The van der Waals surface area contributed by atoms with Gasteiger partial charge in [0.25, 0.3) is 0 Å². The molecule has 0 bridgehead atoms. The molecule has 1 aromatic rings. The van der Waals surface area contributed by atoms with Gasteiger partial charge in [0.05, 0.1) is 11.3 Å². The molecule has 0 amide bonds. The van der Waals surface area contributed by atoms with E-state index in [1.165, 1.54) is 18.2 Å². The van der Waals surface area contributed by atoms with Gasteiger partial charge in [-0.05, 0) is 18.2 Å². The van der Waals surface area contributed by atoms with Gasteiger partial charge in [0.2, 0.25) is 0 Å². The van der Waals surface area contributed by atoms with Gasteiger partial charge in [-0.25, -0.2) is 0 Å². The van der Waals surface area contributed by atoms with Gasteiger partial charge in [0.15, 0.2) is 0 Å². The van der Waals surface area contributed by atoms with Crippen LogP contribution in [0.4, 0.5) is 18.9 Å². The number of alkyl halides is 3. The van der Waals surface area contributed by atoms with Gasteiger partial charge in [-0.2, -0.15) is 18.4 Å². The predicted octanol–water partition coefficient (Wildman–Crippen LogP) is 2.77. The van der Waals surface area contributed by atoms with Crippen molar-refractivity contribution in [1.82, 2.24) is 0 Å². The Labute approximate surface area is 115 Å². The van der Waals surface area contributed by atoms with Crippen LogP contribution in [0, 0.1) is 11.3 Å². The highest BCUT2D eigenvalue weighted by Crippen LogP contribution is 2.27. The Kier molecular flexibility index (Phi) is 4.78. The van der Waals surface area contributed by atoms with Crippen molar-refractivity contribution in [3.05, 3.63) is 28.2 Å². The minimum absolute atomic E-state index is 0.0279. The van der Waals surface area contributed by atoms with Gasteiger partial charge in [0, 0.05) is 4.47 Å². The van der Waals surface area contributed by atoms with Gasteiger partial charge in [-0.3, -0.25) is 4.79 Å². The van der Waals surface area contributed by atoms with E-state index in [9.17, 15) is 18.0 Å². The summed E-state index contributed by atoms with van der Waals surface area (Å²) < 4.78 is 37.8. The standard InChI is InChI=1S/C11H8BrF3N2O2/c12-8-1-2-9(7(3-8)4-16)17(5-10(18)19)6-11(13,14)15/h1-3H,5-6H2,(H,18,19). The van der Waals surface area contributed by atoms with Gasteiger partial charge in [0.1, 0.15) is 19.2 Å². The normalized spacial score (nSPS) is 10.9. The summed E-state index contributed by atoms with van der Waals surface area (Å²) in [4.78, 5) is 11.2. The van der Waals surface area contributed by atoms with Crippen LogP contribution in [0.3, 0.4) is 0 Å². The first-order valence-corrected chi connectivity index (χ1v) is 5.75. The van der Waals surface area contributed by atoms with Crippen molar-refractivity contribution in [1.29, 1.82) is 5.26 Å². The van der Waals surface area contributed by atoms with E-state index in [0.29, 0.717) is 9.37 Å². The van der Waals surface area contributed by atoms with Crippen molar-refractivity contribution in [2.24, 2.45) is 0 Å². The molecule has 4 nitrogen and oxygen atoms in total. The lowest BCUT2D eigenvalue weighted by Crippen LogP contribution is -2.38. The minimum Gasteiger partial charge on any atom is -0.480 e. The highest BCUT2D eigenvalue weighted by atomic mass is 79.9. The molecule has 0 aliphatic carbocycles. The molecule has 102 valence electrons. The zero-order valence-corrected chi connectivity index (χ0v) is 11.0. The summed E-state index contributed by atoms with van der Waals surface area (Å²) in [6, 6.07) is 5.80. The number of hydrogen-bond donors (Lipinski definition) is 1. The van der Waals surface area contributed by atoms with Crippen LogP contribution in [-0.2, 0) is 4.79 Å². The summed E-state index contributed by atoms with van der Waals surface area (Å²) in [6.07, 6.45) is -4.56. The Morgan fingerprint density at radius 3 is 2.58 bits per heavy atom. The molecule has 0 aliphatic rings. The van der Waals surface area contributed by atoms with Crippen molar-refractivity contribution >= 4 is 27.6 Å². The highest BCUT2D eigenvalue weighted by molar-refractivity contribution is 9.10. The Morgan fingerprint density at radius 1 is 1.47 bits per heavy atom. The summed E-state index contributed by atoms with van der Waals surface area (Å²) in [5, 5.41) is 17.6. The van der Waals surface area contributed by atoms with E-state index in [1.807, 2.05) is 0 Å². The van der Waals surface area contributed by atoms with Crippen LogP contribution < -0.4 is 4.90 Å². The number of halogens is 4. The highest BCUT2D eigenvalue weighted by Gasteiger charge is 2.32. The molecule has 19 heavy (non-hydrogen) atoms. The summed E-state index contributed by atoms with van der Waals surface area (Å²) >= 11 is 3.09. The lowest BCUT2D eigenvalue weighted by molar-refractivity contribution is -0.136. The van der Waals surface area contributed by atoms with E-state index < -0.39 is 25.2 Å². The number of nitrogens with zero attached hydrogens (tertiary/aromatic N) is 2. The molecule has 0 aliphatic heterocycles. The summed E-state index contributed by atoms with van der Waals surface area (Å²) in [7, 11) is 0. The molecule has 8 heteroatoms. The largest absolute Gasteiger partial charge is 0.480 e. The minimum atomic E-state index is -4.56. The number of rotatable bonds is 4. The number of carboxylic acid groups (broad SMARTS) is 1. The van der Waals surface area contributed by atoms with Crippen LogP contribution in [0.1, 0.15) is 5.56 Å². The van der Waals surface area contributed by atoms with Crippen LogP contribution in [0.15, 0.2) is 22.7 Å². The third-order valence-electron chi connectivity index (χ3n) is 2.12. The van der Waals surface area contributed by atoms with Crippen molar-refractivity contribution in [2.45, 2.75) is 6.18 Å². The SMILES string of the molecule is N#Cc1cc(Br)ccc1N(CC(=O)O)CC(F)(F)F. The third-order valence-corrected chi connectivity index (χ3v) is 2.61. The lowest BCUT2D eigenvalue weighted by atomic mass is 10.1. The van der Waals surface area contributed by atoms with E-state index in [4.69, 9.17) is 10.4 Å². The molecule has 1 rings (SSSR count). The van der Waals surface area contributed by atoms with E-state index in [1.54, 1.807) is 6.07 Å². The molecular weight excluding hydrogens is 329 g/mol. The maximum atomic E-state index is 12.4. The molecule has 0 aromatic heterocycles. The van der Waals surface area contributed by atoms with E-state index >= 15 is 0 Å². The number of nitriles is 1. The van der Waals surface area contributed by atoms with Gasteiger partial charge in [-0.15, -0.1) is 0 Å². The van der Waals surface area contributed by atoms with Crippen molar-refractivity contribution in [3.8, 4) is 6.07 Å². The molecule has 1 aromatic carbocycles. The van der Waals surface area contributed by atoms with Crippen molar-refractivity contribution in [2.75, 3.05) is 18.0 Å². The van der Waals surface area contributed by atoms with Gasteiger partial charge >= 0.3 is 12.1 Å². The Bertz CT molecular complexity index is 526. The number of carbonyl (C=O) groups is 1. The summed E-state index contributed by atoms with van der Waals surface area (Å²) in [5.41, 5.74) is -0.0923. The Hall–Kier alpha value is -1.75. The Balaban J connectivity index is 3.17. The maximum Gasteiger partial charge on any atom is 0.405 e. The quantitative estimate of drug-likeness (QED) is 0.918. The van der Waals surface area contributed by atoms with Crippen molar-refractivity contribution in [3.63, 3.8) is 0 Å². The molecule has 0 fully saturated rings. The first kappa shape index (κ1) is 15.3. The first-order chi connectivity index (χ1) is 8.73. The number of anilines is 1. The van der Waals surface area contributed by atoms with Crippen LogP contribution in [0.2, 0.25) is 0 Å². The molecular formula is C11H8BrF3N2O2. The van der Waals surface area contributed by atoms with Gasteiger partial charge in [-0.1, -0.05) is 15.9 Å². The fraction of sp³-hybridized carbons (Fsp3) is 0.273. The second-order valence-corrected chi connectivity index (χ2v) is 4.55. The van der Waals surface area contributed by atoms with Crippen LogP contribution >= 0.6 is 15.9 Å². The predicted molar refractivity (Wildman–Crippen MR) is 64.8 cm³/mol.